The minimum atomic E-state index is -3.44. The third-order valence-corrected chi connectivity index (χ3v) is 5.19. The van der Waals surface area contributed by atoms with E-state index in [1.807, 2.05) is 38.1 Å². The molecule has 0 aliphatic rings. The number of nitrogens with zero attached hydrogens (tertiary/aromatic N) is 1. The number of rotatable bonds is 6. The van der Waals surface area contributed by atoms with Gasteiger partial charge >= 0.3 is 0 Å². The smallest absolute Gasteiger partial charge is 0.229 e. The first kappa shape index (κ1) is 20.6. The molecule has 0 spiro atoms. The molecular weight excluding hydrogens is 390 g/mol. The number of aryl methyl sites for hydroxylation is 2. The second kappa shape index (κ2) is 8.08. The zero-order chi connectivity index (χ0) is 21.2. The number of hydrogen-bond acceptors (Lipinski definition) is 5. The number of hydrogen-bond donors (Lipinski definition) is 2. The van der Waals surface area contributed by atoms with Gasteiger partial charge in [0.25, 0.3) is 0 Å². The number of nitrogens with one attached hydrogen (secondary N) is 2. The quantitative estimate of drug-likeness (QED) is 0.645. The number of sulfonamides is 1. The van der Waals surface area contributed by atoms with Gasteiger partial charge < -0.3 is 10.1 Å². The van der Waals surface area contributed by atoms with Crippen LogP contribution < -0.4 is 14.8 Å². The zero-order valence-corrected chi connectivity index (χ0v) is 17.6. The van der Waals surface area contributed by atoms with Crippen LogP contribution in [0.15, 0.2) is 42.5 Å². The number of para-hydroxylation sites is 1. The molecule has 0 radical (unpaired) electrons. The van der Waals surface area contributed by atoms with Crippen LogP contribution in [-0.4, -0.2) is 32.7 Å². The van der Waals surface area contributed by atoms with Crippen LogP contribution in [0.2, 0.25) is 0 Å². The molecule has 3 rings (SSSR count). The van der Waals surface area contributed by atoms with Crippen LogP contribution in [0.1, 0.15) is 16.8 Å². The second-order valence-electron chi connectivity index (χ2n) is 6.83. The standard InChI is InChI=1S/C21H23N3O4S/c1-13-16-7-5-6-8-18(16)22-14(2)17(13)12-21(25)23-15-9-10-19(20(11-15)28-3)24-29(4,26)27/h5-11,24H,12H2,1-4H3,(H,23,25). The number of aromatic nitrogens is 1. The zero-order valence-electron chi connectivity index (χ0n) is 16.7. The lowest BCUT2D eigenvalue weighted by molar-refractivity contribution is -0.115. The second-order valence-corrected chi connectivity index (χ2v) is 8.58. The highest BCUT2D eigenvalue weighted by molar-refractivity contribution is 7.92. The number of carbonyl (C=O) groups excluding carboxylic acids is 1. The van der Waals surface area contributed by atoms with Gasteiger partial charge in [-0.3, -0.25) is 14.5 Å². The van der Waals surface area contributed by atoms with Crippen LogP contribution >= 0.6 is 0 Å². The Kier molecular flexibility index (Phi) is 5.74. The fraction of sp³-hybridized carbons (Fsp3) is 0.238. The van der Waals surface area contributed by atoms with Crippen molar-refractivity contribution in [2.45, 2.75) is 20.3 Å². The van der Waals surface area contributed by atoms with Gasteiger partial charge in [0.05, 0.1) is 31.0 Å². The summed E-state index contributed by atoms with van der Waals surface area (Å²) in [7, 11) is -2.01. The van der Waals surface area contributed by atoms with Crippen molar-refractivity contribution in [3.8, 4) is 5.75 Å². The third kappa shape index (κ3) is 4.83. The van der Waals surface area contributed by atoms with Crippen LogP contribution in [0.4, 0.5) is 11.4 Å². The fourth-order valence-corrected chi connectivity index (χ4v) is 3.82. The largest absolute Gasteiger partial charge is 0.494 e. The molecule has 152 valence electrons. The Balaban J connectivity index is 1.82. The summed E-state index contributed by atoms with van der Waals surface area (Å²) in [4.78, 5) is 17.2. The van der Waals surface area contributed by atoms with E-state index in [1.165, 1.54) is 7.11 Å². The molecule has 0 aliphatic carbocycles. The molecule has 1 heterocycles. The molecule has 0 atom stereocenters. The first-order valence-corrected chi connectivity index (χ1v) is 10.9. The molecule has 2 aromatic carbocycles. The van der Waals surface area contributed by atoms with Crippen LogP contribution in [0, 0.1) is 13.8 Å². The number of fused-ring (bicyclic) bond motifs is 1. The molecule has 0 bridgehead atoms. The van der Waals surface area contributed by atoms with Gasteiger partial charge in [0.15, 0.2) is 0 Å². The first-order chi connectivity index (χ1) is 13.7. The van der Waals surface area contributed by atoms with Crippen molar-refractivity contribution in [1.82, 2.24) is 4.98 Å². The summed E-state index contributed by atoms with van der Waals surface area (Å²) >= 11 is 0. The molecule has 0 saturated heterocycles. The maximum absolute atomic E-state index is 12.6. The van der Waals surface area contributed by atoms with Crippen LogP contribution in [0.25, 0.3) is 10.9 Å². The number of pyridine rings is 1. The van der Waals surface area contributed by atoms with Crippen molar-refractivity contribution in [3.05, 3.63) is 59.3 Å². The van der Waals surface area contributed by atoms with Crippen LogP contribution in [0.3, 0.4) is 0 Å². The summed E-state index contributed by atoms with van der Waals surface area (Å²) in [6, 6.07) is 12.6. The van der Waals surface area contributed by atoms with E-state index in [9.17, 15) is 13.2 Å². The lowest BCUT2D eigenvalue weighted by Gasteiger charge is -2.14. The molecule has 0 saturated carbocycles. The molecule has 7 nitrogen and oxygen atoms in total. The topological polar surface area (TPSA) is 97.4 Å². The summed E-state index contributed by atoms with van der Waals surface area (Å²) in [5.41, 5.74) is 4.47. The molecule has 0 unspecified atom stereocenters. The Morgan fingerprint density at radius 3 is 2.55 bits per heavy atom. The SMILES string of the molecule is COc1cc(NC(=O)Cc2c(C)nc3ccccc3c2C)ccc1NS(C)(=O)=O. The average molecular weight is 413 g/mol. The highest BCUT2D eigenvalue weighted by Crippen LogP contribution is 2.29. The Bertz CT molecular complexity index is 1190. The number of ether oxygens (including phenoxy) is 1. The fourth-order valence-electron chi connectivity index (χ4n) is 3.25. The van der Waals surface area contributed by atoms with Gasteiger partial charge in [-0.15, -0.1) is 0 Å². The predicted octanol–water partition coefficient (Wildman–Crippen LogP) is 3.41. The highest BCUT2D eigenvalue weighted by Gasteiger charge is 2.14. The van der Waals surface area contributed by atoms with E-state index in [0.717, 1.165) is 34.0 Å². The normalized spacial score (nSPS) is 11.3. The molecule has 1 amide bonds. The lowest BCUT2D eigenvalue weighted by atomic mass is 9.99. The number of anilines is 2. The van der Waals surface area contributed by atoms with E-state index in [0.29, 0.717) is 17.1 Å². The maximum Gasteiger partial charge on any atom is 0.229 e. The van der Waals surface area contributed by atoms with Gasteiger partial charge in [0.2, 0.25) is 15.9 Å². The van der Waals surface area contributed by atoms with Crippen LogP contribution in [0.5, 0.6) is 5.75 Å². The molecule has 8 heteroatoms. The number of benzene rings is 2. The van der Waals surface area contributed by atoms with Gasteiger partial charge in [0, 0.05) is 22.8 Å². The van der Waals surface area contributed by atoms with Crippen molar-refractivity contribution in [2.24, 2.45) is 0 Å². The van der Waals surface area contributed by atoms with E-state index in [2.05, 4.69) is 15.0 Å². The van der Waals surface area contributed by atoms with Crippen molar-refractivity contribution >= 4 is 38.2 Å². The van der Waals surface area contributed by atoms with Gasteiger partial charge in [-0.1, -0.05) is 18.2 Å². The summed E-state index contributed by atoms with van der Waals surface area (Å²) in [5, 5.41) is 3.86. The summed E-state index contributed by atoms with van der Waals surface area (Å²) in [5.74, 6) is 0.118. The maximum atomic E-state index is 12.6. The number of methoxy groups -OCH3 is 1. The summed E-state index contributed by atoms with van der Waals surface area (Å²) in [6.07, 6.45) is 1.24. The predicted molar refractivity (Wildman–Crippen MR) is 115 cm³/mol. The minimum absolute atomic E-state index is 0.182. The first-order valence-electron chi connectivity index (χ1n) is 8.98. The molecule has 1 aromatic heterocycles. The Labute approximate surface area is 170 Å². The van der Waals surface area contributed by atoms with E-state index in [4.69, 9.17) is 4.74 Å². The Morgan fingerprint density at radius 1 is 1.14 bits per heavy atom. The number of carbonyl (C=O) groups is 1. The molecule has 3 aromatic rings. The van der Waals surface area contributed by atoms with Crippen molar-refractivity contribution in [2.75, 3.05) is 23.4 Å². The van der Waals surface area contributed by atoms with E-state index >= 15 is 0 Å². The molecule has 0 fully saturated rings. The van der Waals surface area contributed by atoms with Crippen LogP contribution in [-0.2, 0) is 21.2 Å². The Hall–Kier alpha value is -3.13. The van der Waals surface area contributed by atoms with Crippen molar-refractivity contribution in [3.63, 3.8) is 0 Å². The molecular formula is C21H23N3O4S. The van der Waals surface area contributed by atoms with Gasteiger partial charge in [-0.2, -0.15) is 0 Å². The molecule has 0 aliphatic heterocycles. The van der Waals surface area contributed by atoms with Gasteiger partial charge in [-0.25, -0.2) is 8.42 Å². The van der Waals surface area contributed by atoms with Gasteiger partial charge in [-0.05, 0) is 43.2 Å². The average Bonchev–Trinajstić information content (AvgIpc) is 2.65. The van der Waals surface area contributed by atoms with Crippen molar-refractivity contribution < 1.29 is 17.9 Å². The van der Waals surface area contributed by atoms with E-state index in [1.54, 1.807) is 18.2 Å². The molecule has 2 N–H and O–H groups in total. The number of amides is 1. The summed E-state index contributed by atoms with van der Waals surface area (Å²) < 4.78 is 30.5. The monoisotopic (exact) mass is 413 g/mol. The van der Waals surface area contributed by atoms with Gasteiger partial charge in [0.1, 0.15) is 5.75 Å². The molecule has 29 heavy (non-hydrogen) atoms. The lowest BCUT2D eigenvalue weighted by Crippen LogP contribution is -2.17. The highest BCUT2D eigenvalue weighted by atomic mass is 32.2. The Morgan fingerprint density at radius 2 is 1.86 bits per heavy atom. The summed E-state index contributed by atoms with van der Waals surface area (Å²) in [6.45, 7) is 3.89. The van der Waals surface area contributed by atoms with E-state index < -0.39 is 10.0 Å². The minimum Gasteiger partial charge on any atom is -0.494 e. The van der Waals surface area contributed by atoms with Crippen molar-refractivity contribution in [1.29, 1.82) is 0 Å². The van der Waals surface area contributed by atoms with E-state index in [-0.39, 0.29) is 12.3 Å². The third-order valence-electron chi connectivity index (χ3n) is 4.60.